The Morgan fingerprint density at radius 2 is 2.13 bits per heavy atom. The molecule has 0 aliphatic heterocycles. The molecule has 0 atom stereocenters. The van der Waals surface area contributed by atoms with Crippen LogP contribution in [0, 0.1) is 5.92 Å². The summed E-state index contributed by atoms with van der Waals surface area (Å²) in [4.78, 5) is 12.8. The lowest BCUT2D eigenvalue weighted by atomic mass is 9.82. The number of hydrogen-bond acceptors (Lipinski definition) is 3. The first kappa shape index (κ1) is 12.5. The molecule has 1 amide bonds. The summed E-state index contributed by atoms with van der Waals surface area (Å²) >= 11 is 0. The van der Waals surface area contributed by atoms with Crippen LogP contribution < -0.4 is 5.32 Å². The number of hydrogen-bond donors (Lipinski definition) is 2. The molecule has 4 nitrogen and oxygen atoms in total. The number of nitrogens with one attached hydrogen (secondary N) is 1. The molecule has 1 aliphatic rings. The lowest BCUT2D eigenvalue weighted by molar-refractivity contribution is -0.128. The van der Waals surface area contributed by atoms with Crippen LogP contribution in [0.15, 0.2) is 0 Å². The van der Waals surface area contributed by atoms with Gasteiger partial charge in [-0.15, -0.1) is 0 Å². The number of carbonyl (C=O) groups excluding carboxylic acids is 1. The zero-order chi connectivity index (χ0) is 11.3. The third-order valence-corrected chi connectivity index (χ3v) is 2.89. The topological polar surface area (TPSA) is 52.6 Å². The molecule has 1 saturated carbocycles. The normalized spacial score (nSPS) is 24.7. The molecule has 0 heterocycles. The lowest BCUT2D eigenvalue weighted by Gasteiger charge is -2.31. The molecule has 0 aromatic rings. The van der Waals surface area contributed by atoms with E-state index in [1.807, 2.05) is 0 Å². The van der Waals surface area contributed by atoms with Crippen molar-refractivity contribution in [2.75, 3.05) is 27.2 Å². The molecule has 0 aromatic carbocycles. The Morgan fingerprint density at radius 3 is 2.67 bits per heavy atom. The highest BCUT2D eigenvalue weighted by Gasteiger charge is 2.26. The quantitative estimate of drug-likeness (QED) is 0.622. The van der Waals surface area contributed by atoms with E-state index in [1.54, 1.807) is 19.0 Å². The maximum absolute atomic E-state index is 11.2. The van der Waals surface area contributed by atoms with Gasteiger partial charge in [-0.1, -0.05) is 0 Å². The van der Waals surface area contributed by atoms with E-state index in [9.17, 15) is 4.79 Å². The van der Waals surface area contributed by atoms with Crippen molar-refractivity contribution in [1.29, 1.82) is 0 Å². The molecule has 15 heavy (non-hydrogen) atoms. The molecule has 0 unspecified atom stereocenters. The Bertz CT molecular complexity index is 201. The molecule has 1 fully saturated rings. The standard InChI is InChI=1S/C11H22N2O2/c1-13(2)11(15)4-3-5-12-8-9-6-10(14)7-9/h9-10,12,14H,3-8H2,1-2H3. The second-order valence-electron chi connectivity index (χ2n) is 4.59. The maximum Gasteiger partial charge on any atom is 0.222 e. The summed E-state index contributed by atoms with van der Waals surface area (Å²) in [5, 5.41) is 12.4. The van der Waals surface area contributed by atoms with Crippen molar-refractivity contribution < 1.29 is 9.90 Å². The van der Waals surface area contributed by atoms with E-state index < -0.39 is 0 Å². The number of aliphatic hydroxyl groups is 1. The minimum Gasteiger partial charge on any atom is -0.393 e. The Hall–Kier alpha value is -0.610. The number of aliphatic hydroxyl groups excluding tert-OH is 1. The summed E-state index contributed by atoms with van der Waals surface area (Å²) in [7, 11) is 3.57. The van der Waals surface area contributed by atoms with Gasteiger partial charge in [-0.05, 0) is 38.3 Å². The van der Waals surface area contributed by atoms with Crippen LogP contribution >= 0.6 is 0 Å². The van der Waals surface area contributed by atoms with E-state index >= 15 is 0 Å². The van der Waals surface area contributed by atoms with Crippen LogP contribution in [0.4, 0.5) is 0 Å². The number of rotatable bonds is 6. The van der Waals surface area contributed by atoms with Crippen molar-refractivity contribution in [3.8, 4) is 0 Å². The van der Waals surface area contributed by atoms with Crippen molar-refractivity contribution in [2.45, 2.75) is 31.8 Å². The van der Waals surface area contributed by atoms with E-state index in [0.717, 1.165) is 32.4 Å². The van der Waals surface area contributed by atoms with Crippen LogP contribution in [0.3, 0.4) is 0 Å². The zero-order valence-electron chi connectivity index (χ0n) is 9.70. The van der Waals surface area contributed by atoms with Crippen LogP contribution in [0.2, 0.25) is 0 Å². The van der Waals surface area contributed by atoms with Gasteiger partial charge < -0.3 is 15.3 Å². The minimum absolute atomic E-state index is 0.0629. The van der Waals surface area contributed by atoms with Crippen LogP contribution in [0.25, 0.3) is 0 Å². The molecule has 0 radical (unpaired) electrons. The molecule has 1 aliphatic carbocycles. The lowest BCUT2D eigenvalue weighted by Crippen LogP contribution is -2.36. The van der Waals surface area contributed by atoms with Gasteiger partial charge in [0.2, 0.25) is 5.91 Å². The summed E-state index contributed by atoms with van der Waals surface area (Å²) in [6.45, 7) is 1.87. The highest BCUT2D eigenvalue weighted by Crippen LogP contribution is 2.25. The Morgan fingerprint density at radius 1 is 1.47 bits per heavy atom. The third-order valence-electron chi connectivity index (χ3n) is 2.89. The fourth-order valence-corrected chi connectivity index (χ4v) is 1.76. The molecule has 1 rings (SSSR count). The molecule has 0 saturated heterocycles. The average Bonchev–Trinajstić information content (AvgIpc) is 2.13. The average molecular weight is 214 g/mol. The summed E-state index contributed by atoms with van der Waals surface area (Å²) in [6, 6.07) is 0. The molecule has 0 spiro atoms. The second kappa shape index (κ2) is 6.08. The van der Waals surface area contributed by atoms with E-state index in [4.69, 9.17) is 5.11 Å². The van der Waals surface area contributed by atoms with Gasteiger partial charge in [0, 0.05) is 20.5 Å². The van der Waals surface area contributed by atoms with Crippen molar-refractivity contribution in [1.82, 2.24) is 10.2 Å². The molecular formula is C11H22N2O2. The zero-order valence-corrected chi connectivity index (χ0v) is 9.70. The summed E-state index contributed by atoms with van der Waals surface area (Å²) < 4.78 is 0. The van der Waals surface area contributed by atoms with Gasteiger partial charge in [-0.3, -0.25) is 4.79 Å². The monoisotopic (exact) mass is 214 g/mol. The summed E-state index contributed by atoms with van der Waals surface area (Å²) in [5.41, 5.74) is 0. The van der Waals surface area contributed by atoms with Crippen LogP contribution in [-0.4, -0.2) is 49.2 Å². The summed E-state index contributed by atoms with van der Waals surface area (Å²) in [6.07, 6.45) is 3.32. The molecule has 0 aromatic heterocycles. The van der Waals surface area contributed by atoms with Gasteiger partial charge in [0.05, 0.1) is 6.10 Å². The maximum atomic E-state index is 11.2. The van der Waals surface area contributed by atoms with Crippen LogP contribution in [-0.2, 0) is 4.79 Å². The molecular weight excluding hydrogens is 192 g/mol. The van der Waals surface area contributed by atoms with Gasteiger partial charge in [0.25, 0.3) is 0 Å². The van der Waals surface area contributed by atoms with Crippen molar-refractivity contribution >= 4 is 5.91 Å². The van der Waals surface area contributed by atoms with Crippen molar-refractivity contribution in [3.05, 3.63) is 0 Å². The number of nitrogens with zero attached hydrogens (tertiary/aromatic N) is 1. The second-order valence-corrected chi connectivity index (χ2v) is 4.59. The van der Waals surface area contributed by atoms with Gasteiger partial charge in [-0.2, -0.15) is 0 Å². The SMILES string of the molecule is CN(C)C(=O)CCCNCC1CC(O)C1. The smallest absolute Gasteiger partial charge is 0.222 e. The van der Waals surface area contributed by atoms with E-state index in [-0.39, 0.29) is 12.0 Å². The first-order valence-corrected chi connectivity index (χ1v) is 5.68. The molecule has 88 valence electrons. The van der Waals surface area contributed by atoms with E-state index in [2.05, 4.69) is 5.32 Å². The van der Waals surface area contributed by atoms with Gasteiger partial charge >= 0.3 is 0 Å². The van der Waals surface area contributed by atoms with Gasteiger partial charge in [0.1, 0.15) is 0 Å². The first-order valence-electron chi connectivity index (χ1n) is 5.68. The van der Waals surface area contributed by atoms with Crippen LogP contribution in [0.1, 0.15) is 25.7 Å². The van der Waals surface area contributed by atoms with Gasteiger partial charge in [0.15, 0.2) is 0 Å². The fraction of sp³-hybridized carbons (Fsp3) is 0.909. The Balaban J connectivity index is 1.87. The van der Waals surface area contributed by atoms with E-state index in [0.29, 0.717) is 12.3 Å². The number of carbonyl (C=O) groups is 1. The third kappa shape index (κ3) is 4.62. The molecule has 0 bridgehead atoms. The molecule has 2 N–H and O–H groups in total. The molecule has 4 heteroatoms. The highest BCUT2D eigenvalue weighted by atomic mass is 16.3. The van der Waals surface area contributed by atoms with Gasteiger partial charge in [-0.25, -0.2) is 0 Å². The predicted molar refractivity (Wildman–Crippen MR) is 59.5 cm³/mol. The fourth-order valence-electron chi connectivity index (χ4n) is 1.76. The number of amides is 1. The highest BCUT2D eigenvalue weighted by molar-refractivity contribution is 5.75. The first-order chi connectivity index (χ1) is 7.09. The Kier molecular flexibility index (Phi) is 5.05. The Labute approximate surface area is 91.6 Å². The summed E-state index contributed by atoms with van der Waals surface area (Å²) in [5.74, 6) is 0.834. The van der Waals surface area contributed by atoms with Crippen molar-refractivity contribution in [2.24, 2.45) is 5.92 Å². The van der Waals surface area contributed by atoms with Crippen molar-refractivity contribution in [3.63, 3.8) is 0 Å². The van der Waals surface area contributed by atoms with E-state index in [1.165, 1.54) is 0 Å². The minimum atomic E-state index is -0.0629. The predicted octanol–water partition coefficient (Wildman–Crippen LogP) is 0.215. The largest absolute Gasteiger partial charge is 0.393 e. The van der Waals surface area contributed by atoms with Crippen LogP contribution in [0.5, 0.6) is 0 Å².